The zero-order valence-corrected chi connectivity index (χ0v) is 11.2. The highest BCUT2D eigenvalue weighted by Crippen LogP contribution is 2.28. The number of thiophene rings is 1. The quantitative estimate of drug-likeness (QED) is 0.903. The number of rotatable bonds is 3. The SMILES string of the molecule is Cc1cc(C(=O)O)c(NC(=O)c2ncccc2C)s1. The van der Waals surface area contributed by atoms with E-state index >= 15 is 0 Å². The highest BCUT2D eigenvalue weighted by Gasteiger charge is 2.18. The number of aryl methyl sites for hydroxylation is 2. The maximum atomic E-state index is 12.1. The summed E-state index contributed by atoms with van der Waals surface area (Å²) in [6.45, 7) is 3.57. The van der Waals surface area contributed by atoms with Gasteiger partial charge in [-0.25, -0.2) is 4.79 Å². The number of hydrogen-bond acceptors (Lipinski definition) is 4. The van der Waals surface area contributed by atoms with E-state index in [4.69, 9.17) is 5.11 Å². The van der Waals surface area contributed by atoms with E-state index in [1.807, 2.05) is 0 Å². The molecule has 0 unspecified atom stereocenters. The first-order valence-electron chi connectivity index (χ1n) is 5.55. The molecule has 0 aliphatic carbocycles. The van der Waals surface area contributed by atoms with Gasteiger partial charge in [0.1, 0.15) is 10.7 Å². The summed E-state index contributed by atoms with van der Waals surface area (Å²) in [6.07, 6.45) is 1.53. The lowest BCUT2D eigenvalue weighted by atomic mass is 10.2. The van der Waals surface area contributed by atoms with Gasteiger partial charge >= 0.3 is 5.97 Å². The topological polar surface area (TPSA) is 79.3 Å². The summed E-state index contributed by atoms with van der Waals surface area (Å²) >= 11 is 1.23. The fraction of sp³-hybridized carbons (Fsp3) is 0.154. The van der Waals surface area contributed by atoms with Gasteiger partial charge in [0.15, 0.2) is 0 Å². The van der Waals surface area contributed by atoms with Crippen LogP contribution < -0.4 is 5.32 Å². The first-order chi connectivity index (χ1) is 8.99. The van der Waals surface area contributed by atoms with E-state index in [9.17, 15) is 9.59 Å². The summed E-state index contributed by atoms with van der Waals surface area (Å²) in [5.41, 5.74) is 1.14. The molecular weight excluding hydrogens is 264 g/mol. The third-order valence-electron chi connectivity index (χ3n) is 2.54. The highest BCUT2D eigenvalue weighted by molar-refractivity contribution is 7.16. The zero-order chi connectivity index (χ0) is 14.0. The number of hydrogen-bond donors (Lipinski definition) is 2. The van der Waals surface area contributed by atoms with Crippen LogP contribution in [0.3, 0.4) is 0 Å². The second-order valence-electron chi connectivity index (χ2n) is 4.03. The Kier molecular flexibility index (Phi) is 3.62. The number of carboxylic acids is 1. The van der Waals surface area contributed by atoms with Crippen LogP contribution in [0.5, 0.6) is 0 Å². The summed E-state index contributed by atoms with van der Waals surface area (Å²) < 4.78 is 0. The molecule has 0 fully saturated rings. The van der Waals surface area contributed by atoms with Crippen molar-refractivity contribution in [1.29, 1.82) is 0 Å². The molecule has 98 valence electrons. The standard InChI is InChI=1S/C13H12N2O3S/c1-7-4-3-5-14-10(7)11(16)15-12-9(13(17)18)6-8(2)19-12/h3-6H,1-2H3,(H,15,16)(H,17,18). The number of carbonyl (C=O) groups excluding carboxylic acids is 1. The van der Waals surface area contributed by atoms with Crippen molar-refractivity contribution in [3.05, 3.63) is 46.1 Å². The van der Waals surface area contributed by atoms with Crippen molar-refractivity contribution in [2.45, 2.75) is 13.8 Å². The lowest BCUT2D eigenvalue weighted by Crippen LogP contribution is -2.15. The molecule has 0 aliphatic rings. The molecule has 0 saturated carbocycles. The molecule has 2 aromatic rings. The van der Waals surface area contributed by atoms with Gasteiger partial charge in [-0.15, -0.1) is 11.3 Å². The van der Waals surface area contributed by atoms with E-state index in [1.165, 1.54) is 23.6 Å². The monoisotopic (exact) mass is 276 g/mol. The molecule has 2 aromatic heterocycles. The van der Waals surface area contributed by atoms with Crippen molar-refractivity contribution in [1.82, 2.24) is 4.98 Å². The van der Waals surface area contributed by atoms with Crippen molar-refractivity contribution in [2.24, 2.45) is 0 Å². The number of pyridine rings is 1. The molecule has 0 atom stereocenters. The van der Waals surface area contributed by atoms with E-state index in [2.05, 4.69) is 10.3 Å². The Bertz CT molecular complexity index is 649. The van der Waals surface area contributed by atoms with Gasteiger partial charge in [-0.1, -0.05) is 6.07 Å². The van der Waals surface area contributed by atoms with Crippen molar-refractivity contribution >= 4 is 28.2 Å². The summed E-state index contributed by atoms with van der Waals surface area (Å²) in [6, 6.07) is 5.05. The average molecular weight is 276 g/mol. The van der Waals surface area contributed by atoms with Gasteiger partial charge in [-0.05, 0) is 31.5 Å². The molecule has 2 N–H and O–H groups in total. The number of aromatic nitrogens is 1. The van der Waals surface area contributed by atoms with Crippen molar-refractivity contribution in [2.75, 3.05) is 5.32 Å². The first kappa shape index (κ1) is 13.2. The molecule has 5 nitrogen and oxygen atoms in total. The number of nitrogens with zero attached hydrogens (tertiary/aromatic N) is 1. The normalized spacial score (nSPS) is 10.2. The van der Waals surface area contributed by atoms with Crippen LogP contribution in [0.15, 0.2) is 24.4 Å². The van der Waals surface area contributed by atoms with Gasteiger partial charge in [0.05, 0.1) is 5.56 Å². The second kappa shape index (κ2) is 5.19. The van der Waals surface area contributed by atoms with Crippen LogP contribution in [-0.2, 0) is 0 Å². The first-order valence-corrected chi connectivity index (χ1v) is 6.37. The smallest absolute Gasteiger partial charge is 0.338 e. The number of carboxylic acid groups (broad SMARTS) is 1. The lowest BCUT2D eigenvalue weighted by Gasteiger charge is -2.05. The maximum Gasteiger partial charge on any atom is 0.338 e. The molecule has 2 rings (SSSR count). The van der Waals surface area contributed by atoms with Crippen LogP contribution in [0.25, 0.3) is 0 Å². The predicted molar refractivity (Wildman–Crippen MR) is 72.9 cm³/mol. The fourth-order valence-corrected chi connectivity index (χ4v) is 2.55. The molecule has 0 bridgehead atoms. The molecule has 0 saturated heterocycles. The van der Waals surface area contributed by atoms with Gasteiger partial charge in [-0.3, -0.25) is 9.78 Å². The number of amides is 1. The van der Waals surface area contributed by atoms with Crippen LogP contribution in [0.4, 0.5) is 5.00 Å². The van der Waals surface area contributed by atoms with Crippen molar-refractivity contribution in [3.8, 4) is 0 Å². The summed E-state index contributed by atoms with van der Waals surface area (Å²) in [4.78, 5) is 27.9. The largest absolute Gasteiger partial charge is 0.478 e. The van der Waals surface area contributed by atoms with E-state index in [0.29, 0.717) is 10.7 Å². The average Bonchev–Trinajstić information content (AvgIpc) is 2.70. The Balaban J connectivity index is 2.29. The van der Waals surface area contributed by atoms with Crippen LogP contribution in [0.2, 0.25) is 0 Å². The number of nitrogens with one attached hydrogen (secondary N) is 1. The van der Waals surface area contributed by atoms with E-state index in [1.54, 1.807) is 26.0 Å². The molecule has 0 aromatic carbocycles. The molecular formula is C13H12N2O3S. The summed E-state index contributed by atoms with van der Waals surface area (Å²) in [5, 5.41) is 12.0. The van der Waals surface area contributed by atoms with Gasteiger partial charge in [0.2, 0.25) is 0 Å². The highest BCUT2D eigenvalue weighted by atomic mass is 32.1. The van der Waals surface area contributed by atoms with Crippen LogP contribution in [0, 0.1) is 13.8 Å². The van der Waals surface area contributed by atoms with Crippen molar-refractivity contribution in [3.63, 3.8) is 0 Å². The zero-order valence-electron chi connectivity index (χ0n) is 10.4. The molecule has 0 radical (unpaired) electrons. The Morgan fingerprint density at radius 3 is 2.74 bits per heavy atom. The molecule has 0 spiro atoms. The molecule has 0 aliphatic heterocycles. The Morgan fingerprint density at radius 2 is 2.11 bits per heavy atom. The molecule has 6 heteroatoms. The van der Waals surface area contributed by atoms with E-state index in [-0.39, 0.29) is 5.56 Å². The Labute approximate surface area is 113 Å². The van der Waals surface area contributed by atoms with Gasteiger partial charge in [-0.2, -0.15) is 0 Å². The molecule has 1 amide bonds. The van der Waals surface area contributed by atoms with Crippen LogP contribution in [-0.4, -0.2) is 22.0 Å². The van der Waals surface area contributed by atoms with Gasteiger partial charge < -0.3 is 10.4 Å². The Morgan fingerprint density at radius 1 is 1.37 bits per heavy atom. The maximum absolute atomic E-state index is 12.1. The predicted octanol–water partition coefficient (Wildman–Crippen LogP) is 2.71. The molecule has 19 heavy (non-hydrogen) atoms. The second-order valence-corrected chi connectivity index (χ2v) is 5.28. The van der Waals surface area contributed by atoms with E-state index < -0.39 is 11.9 Å². The van der Waals surface area contributed by atoms with Crippen LogP contribution >= 0.6 is 11.3 Å². The van der Waals surface area contributed by atoms with Crippen molar-refractivity contribution < 1.29 is 14.7 Å². The molecule has 2 heterocycles. The fourth-order valence-electron chi connectivity index (χ4n) is 1.65. The van der Waals surface area contributed by atoms with Crippen LogP contribution in [0.1, 0.15) is 31.3 Å². The summed E-state index contributed by atoms with van der Waals surface area (Å²) in [5.74, 6) is -1.46. The minimum Gasteiger partial charge on any atom is -0.478 e. The number of aromatic carboxylic acids is 1. The number of carbonyl (C=O) groups is 2. The third kappa shape index (κ3) is 2.79. The third-order valence-corrected chi connectivity index (χ3v) is 3.50. The minimum atomic E-state index is -1.06. The minimum absolute atomic E-state index is 0.101. The Hall–Kier alpha value is -2.21. The lowest BCUT2D eigenvalue weighted by molar-refractivity contribution is 0.0698. The van der Waals surface area contributed by atoms with E-state index in [0.717, 1.165) is 10.4 Å². The number of anilines is 1. The summed E-state index contributed by atoms with van der Waals surface area (Å²) in [7, 11) is 0. The van der Waals surface area contributed by atoms with Gasteiger partial charge in [0.25, 0.3) is 5.91 Å². The van der Waals surface area contributed by atoms with Gasteiger partial charge in [0, 0.05) is 11.1 Å².